The number of H-pyrrole nitrogens is 1. The Morgan fingerprint density at radius 2 is 2.17 bits per heavy atom. The third-order valence-electron chi connectivity index (χ3n) is 6.11. The van der Waals surface area contributed by atoms with Gasteiger partial charge in [-0.15, -0.1) is 0 Å². The molecule has 8 nitrogen and oxygen atoms in total. The third-order valence-corrected chi connectivity index (χ3v) is 6.11. The molecule has 1 aliphatic carbocycles. The Morgan fingerprint density at radius 3 is 2.93 bits per heavy atom. The van der Waals surface area contributed by atoms with E-state index in [1.54, 1.807) is 6.20 Å². The van der Waals surface area contributed by atoms with Crippen LogP contribution in [0.3, 0.4) is 0 Å². The molecule has 3 aromatic heterocycles. The second-order valence-corrected chi connectivity index (χ2v) is 8.99. The summed E-state index contributed by atoms with van der Waals surface area (Å²) in [6.45, 7) is 10.0. The number of hydrogen-bond donors (Lipinski definition) is 2. The van der Waals surface area contributed by atoms with Crippen LogP contribution in [0.15, 0.2) is 36.8 Å². The van der Waals surface area contributed by atoms with E-state index in [4.69, 9.17) is 0 Å². The standard InChI is InChI=1S/C22H27N7O/c1-14(2)13-29-19-8-17(23-10-16(19)11-25-29)20-18(12-24-27-20)26-21(30)28-7-4-15(3)9-22(28)5-6-22/h8,10-12,14H,3-7,9,13H2,1-2H3,(H,24,27)(H,26,30). The lowest BCUT2D eigenvalue weighted by Gasteiger charge is -2.37. The summed E-state index contributed by atoms with van der Waals surface area (Å²) in [6.07, 6.45) is 9.18. The Balaban J connectivity index is 1.41. The molecule has 4 heterocycles. The molecule has 0 bridgehead atoms. The number of rotatable bonds is 4. The highest BCUT2D eigenvalue weighted by atomic mass is 16.2. The van der Waals surface area contributed by atoms with E-state index in [1.807, 2.05) is 28.0 Å². The van der Waals surface area contributed by atoms with Crippen molar-refractivity contribution >= 4 is 22.6 Å². The number of aromatic nitrogens is 5. The summed E-state index contributed by atoms with van der Waals surface area (Å²) in [5, 5.41) is 15.7. The van der Waals surface area contributed by atoms with Crippen LogP contribution in [0, 0.1) is 5.92 Å². The molecule has 1 saturated heterocycles. The van der Waals surface area contributed by atoms with Crippen molar-refractivity contribution in [1.82, 2.24) is 29.9 Å². The Kier molecular flexibility index (Phi) is 4.38. The molecule has 3 aromatic rings. The number of amides is 2. The monoisotopic (exact) mass is 405 g/mol. The maximum atomic E-state index is 13.1. The van der Waals surface area contributed by atoms with Crippen LogP contribution in [0.5, 0.6) is 0 Å². The number of carbonyl (C=O) groups is 1. The summed E-state index contributed by atoms with van der Waals surface area (Å²) < 4.78 is 2.00. The fraction of sp³-hybridized carbons (Fsp3) is 0.455. The lowest BCUT2D eigenvalue weighted by molar-refractivity contribution is 0.167. The Bertz CT molecular complexity index is 1120. The van der Waals surface area contributed by atoms with Gasteiger partial charge in [0.05, 0.1) is 29.3 Å². The van der Waals surface area contributed by atoms with Crippen LogP contribution in [0.25, 0.3) is 22.3 Å². The van der Waals surface area contributed by atoms with Crippen LogP contribution in [0.2, 0.25) is 0 Å². The molecule has 2 aliphatic rings. The molecule has 0 aromatic carbocycles. The van der Waals surface area contributed by atoms with Crippen LogP contribution >= 0.6 is 0 Å². The summed E-state index contributed by atoms with van der Waals surface area (Å²) in [4.78, 5) is 19.6. The predicted octanol–water partition coefficient (Wildman–Crippen LogP) is 4.19. The Morgan fingerprint density at radius 1 is 1.33 bits per heavy atom. The fourth-order valence-corrected chi connectivity index (χ4v) is 4.42. The van der Waals surface area contributed by atoms with Gasteiger partial charge in [-0.25, -0.2) is 4.79 Å². The normalized spacial score (nSPS) is 17.8. The minimum absolute atomic E-state index is 0.0240. The van der Waals surface area contributed by atoms with Gasteiger partial charge in [-0.3, -0.25) is 14.8 Å². The minimum atomic E-state index is -0.0754. The highest BCUT2D eigenvalue weighted by Gasteiger charge is 2.52. The number of likely N-dealkylation sites (tertiary alicyclic amines) is 1. The first-order chi connectivity index (χ1) is 14.4. The Hall–Kier alpha value is -3.16. The number of aromatic amines is 1. The molecule has 0 unspecified atom stereocenters. The number of nitrogens with one attached hydrogen (secondary N) is 2. The van der Waals surface area contributed by atoms with Gasteiger partial charge in [-0.05, 0) is 37.7 Å². The van der Waals surface area contributed by atoms with Crippen LogP contribution in [0.1, 0.15) is 39.5 Å². The quantitative estimate of drug-likeness (QED) is 0.637. The predicted molar refractivity (Wildman–Crippen MR) is 116 cm³/mol. The molecule has 2 amide bonds. The highest BCUT2D eigenvalue weighted by molar-refractivity contribution is 5.94. The lowest BCUT2D eigenvalue weighted by atomic mass is 9.96. The number of nitrogens with zero attached hydrogens (tertiary/aromatic N) is 5. The minimum Gasteiger partial charge on any atom is -0.318 e. The zero-order valence-corrected chi connectivity index (χ0v) is 17.5. The Labute approximate surface area is 175 Å². The van der Waals surface area contributed by atoms with E-state index in [-0.39, 0.29) is 11.6 Å². The molecule has 8 heteroatoms. The fourth-order valence-electron chi connectivity index (χ4n) is 4.42. The lowest BCUT2D eigenvalue weighted by Crippen LogP contribution is -2.48. The average Bonchev–Trinajstić information content (AvgIpc) is 3.11. The first-order valence-corrected chi connectivity index (χ1v) is 10.6. The van der Waals surface area contributed by atoms with Crippen molar-refractivity contribution in [3.63, 3.8) is 0 Å². The molecule has 5 rings (SSSR count). The van der Waals surface area contributed by atoms with Gasteiger partial charge < -0.3 is 10.2 Å². The van der Waals surface area contributed by atoms with Gasteiger partial charge in [0.1, 0.15) is 5.69 Å². The van der Waals surface area contributed by atoms with Gasteiger partial charge in [0.2, 0.25) is 0 Å². The number of urea groups is 1. The van der Waals surface area contributed by atoms with Gasteiger partial charge in [-0.2, -0.15) is 10.2 Å². The summed E-state index contributed by atoms with van der Waals surface area (Å²) in [7, 11) is 0. The van der Waals surface area contributed by atoms with Crippen molar-refractivity contribution in [3.8, 4) is 11.4 Å². The first kappa shape index (κ1) is 18.8. The van der Waals surface area contributed by atoms with Gasteiger partial charge in [0.25, 0.3) is 0 Å². The molecule has 2 fully saturated rings. The van der Waals surface area contributed by atoms with E-state index in [0.717, 1.165) is 55.4 Å². The maximum absolute atomic E-state index is 13.1. The smallest absolute Gasteiger partial charge is 0.318 e. The highest BCUT2D eigenvalue weighted by Crippen LogP contribution is 2.49. The number of fused-ring (bicyclic) bond motifs is 1. The molecule has 1 saturated carbocycles. The molecule has 2 N–H and O–H groups in total. The summed E-state index contributed by atoms with van der Waals surface area (Å²) in [5.74, 6) is 0.488. The van der Waals surface area contributed by atoms with E-state index in [2.05, 4.69) is 46.0 Å². The second kappa shape index (κ2) is 6.97. The summed E-state index contributed by atoms with van der Waals surface area (Å²) in [5.41, 5.74) is 4.32. The molecule has 1 spiro atoms. The zero-order chi connectivity index (χ0) is 20.9. The summed E-state index contributed by atoms with van der Waals surface area (Å²) in [6, 6.07) is 1.93. The molecule has 1 aliphatic heterocycles. The van der Waals surface area contributed by atoms with Crippen molar-refractivity contribution in [1.29, 1.82) is 0 Å². The number of anilines is 1. The van der Waals surface area contributed by atoms with Crippen molar-refractivity contribution in [3.05, 3.63) is 36.8 Å². The van der Waals surface area contributed by atoms with Crippen molar-refractivity contribution < 1.29 is 4.79 Å². The number of piperidine rings is 1. The number of pyridine rings is 1. The third kappa shape index (κ3) is 3.26. The SMILES string of the molecule is C=C1CCN(C(=O)Nc2cn[nH]c2-c2cc3c(cn2)cnn3CC(C)C)C2(CC2)C1. The van der Waals surface area contributed by atoms with Gasteiger partial charge in [0.15, 0.2) is 0 Å². The topological polar surface area (TPSA) is 91.7 Å². The van der Waals surface area contributed by atoms with Gasteiger partial charge in [0, 0.05) is 30.2 Å². The van der Waals surface area contributed by atoms with E-state index >= 15 is 0 Å². The van der Waals surface area contributed by atoms with Crippen molar-refractivity contribution in [2.24, 2.45) is 5.92 Å². The average molecular weight is 406 g/mol. The van der Waals surface area contributed by atoms with E-state index < -0.39 is 0 Å². The van der Waals surface area contributed by atoms with Crippen molar-refractivity contribution in [2.75, 3.05) is 11.9 Å². The molecular formula is C22H27N7O. The second-order valence-electron chi connectivity index (χ2n) is 8.99. The van der Waals surface area contributed by atoms with Crippen molar-refractivity contribution in [2.45, 2.75) is 51.6 Å². The number of hydrogen-bond acceptors (Lipinski definition) is 4. The van der Waals surface area contributed by atoms with Gasteiger partial charge in [-0.1, -0.05) is 26.0 Å². The van der Waals surface area contributed by atoms with Crippen LogP contribution < -0.4 is 5.32 Å². The first-order valence-electron chi connectivity index (χ1n) is 10.6. The maximum Gasteiger partial charge on any atom is 0.322 e. The molecular weight excluding hydrogens is 378 g/mol. The molecule has 30 heavy (non-hydrogen) atoms. The molecule has 156 valence electrons. The summed E-state index contributed by atoms with van der Waals surface area (Å²) >= 11 is 0. The van der Waals surface area contributed by atoms with Crippen LogP contribution in [-0.4, -0.2) is 48.0 Å². The largest absolute Gasteiger partial charge is 0.322 e. The van der Waals surface area contributed by atoms with Crippen LogP contribution in [0.4, 0.5) is 10.5 Å². The number of carbonyl (C=O) groups excluding carboxylic acids is 1. The zero-order valence-electron chi connectivity index (χ0n) is 17.5. The molecule has 0 atom stereocenters. The van der Waals surface area contributed by atoms with Crippen LogP contribution in [-0.2, 0) is 6.54 Å². The van der Waals surface area contributed by atoms with E-state index in [0.29, 0.717) is 17.3 Å². The molecule has 0 radical (unpaired) electrons. The van der Waals surface area contributed by atoms with Gasteiger partial charge >= 0.3 is 6.03 Å². The van der Waals surface area contributed by atoms with E-state index in [1.165, 1.54) is 5.57 Å². The van der Waals surface area contributed by atoms with E-state index in [9.17, 15) is 4.79 Å².